The van der Waals surface area contributed by atoms with E-state index in [1.165, 1.54) is 0 Å². The quantitative estimate of drug-likeness (QED) is 0.258. The highest BCUT2D eigenvalue weighted by molar-refractivity contribution is 6.00. The summed E-state index contributed by atoms with van der Waals surface area (Å²) >= 11 is 0. The summed E-state index contributed by atoms with van der Waals surface area (Å²) < 4.78 is 0. The van der Waals surface area contributed by atoms with Gasteiger partial charge in [0.05, 0.1) is 11.6 Å². The molecule has 0 radical (unpaired) electrons. The standard InChI is InChI=1S/C28H26N8O2/c1-3-19-7-8-22(16-24(19)26(30)37)32-27-31-14-13-25(35-27)36(2)23-11-9-20(10-12-23)33-28(38)34-21-6-4-5-18(15-21)17-29/h4-16H,3H2,1-2H3,(H2,30,37)(H,31,32,35)(H2,33,34,38). The van der Waals surface area contributed by atoms with Gasteiger partial charge in [0, 0.05) is 41.6 Å². The fourth-order valence-corrected chi connectivity index (χ4v) is 3.78. The van der Waals surface area contributed by atoms with Gasteiger partial charge >= 0.3 is 6.03 Å². The van der Waals surface area contributed by atoms with Crippen molar-refractivity contribution in [3.05, 3.63) is 95.7 Å². The molecule has 4 rings (SSSR count). The predicted octanol–water partition coefficient (Wildman–Crippen LogP) is 5.17. The molecule has 0 aliphatic rings. The van der Waals surface area contributed by atoms with Crippen LogP contribution in [0.2, 0.25) is 0 Å². The normalized spacial score (nSPS) is 10.2. The molecule has 0 spiro atoms. The van der Waals surface area contributed by atoms with E-state index in [9.17, 15) is 9.59 Å². The van der Waals surface area contributed by atoms with Crippen LogP contribution in [0.5, 0.6) is 0 Å². The smallest absolute Gasteiger partial charge is 0.323 e. The van der Waals surface area contributed by atoms with E-state index in [0.29, 0.717) is 46.4 Å². The third kappa shape index (κ3) is 6.22. The maximum atomic E-state index is 12.3. The molecule has 0 saturated carbocycles. The highest BCUT2D eigenvalue weighted by Gasteiger charge is 2.11. The van der Waals surface area contributed by atoms with Gasteiger partial charge in [-0.2, -0.15) is 10.2 Å². The molecule has 3 amide bonds. The van der Waals surface area contributed by atoms with E-state index in [1.54, 1.807) is 54.7 Å². The van der Waals surface area contributed by atoms with Crippen molar-refractivity contribution in [2.75, 3.05) is 27.9 Å². The van der Waals surface area contributed by atoms with E-state index in [0.717, 1.165) is 11.3 Å². The summed E-state index contributed by atoms with van der Waals surface area (Å²) in [6.45, 7) is 1.96. The van der Waals surface area contributed by atoms with Gasteiger partial charge in [-0.15, -0.1) is 0 Å². The van der Waals surface area contributed by atoms with Crippen molar-refractivity contribution in [1.29, 1.82) is 5.26 Å². The Bertz CT molecular complexity index is 1510. The van der Waals surface area contributed by atoms with Gasteiger partial charge in [-0.1, -0.05) is 19.1 Å². The first kappa shape index (κ1) is 25.7. The average molecular weight is 507 g/mol. The number of anilines is 6. The molecule has 1 aromatic heterocycles. The lowest BCUT2D eigenvalue weighted by atomic mass is 10.0. The molecule has 0 atom stereocenters. The first-order chi connectivity index (χ1) is 18.4. The molecule has 1 heterocycles. The molecule has 0 aliphatic carbocycles. The van der Waals surface area contributed by atoms with Crippen molar-refractivity contribution in [3.8, 4) is 6.07 Å². The number of benzene rings is 3. The van der Waals surface area contributed by atoms with Crippen LogP contribution < -0.4 is 26.6 Å². The fraction of sp³-hybridized carbons (Fsp3) is 0.107. The number of hydrogen-bond acceptors (Lipinski definition) is 7. The molecule has 0 fully saturated rings. The van der Waals surface area contributed by atoms with Crippen molar-refractivity contribution in [2.24, 2.45) is 5.73 Å². The van der Waals surface area contributed by atoms with Gasteiger partial charge in [-0.05, 0) is 72.6 Å². The number of rotatable bonds is 8. The van der Waals surface area contributed by atoms with Crippen LogP contribution in [-0.2, 0) is 6.42 Å². The SMILES string of the molecule is CCc1ccc(Nc2nccc(N(C)c3ccc(NC(=O)Nc4cccc(C#N)c4)cc3)n2)cc1C(N)=O. The van der Waals surface area contributed by atoms with Gasteiger partial charge in [0.1, 0.15) is 5.82 Å². The molecule has 5 N–H and O–H groups in total. The van der Waals surface area contributed by atoms with Crippen molar-refractivity contribution in [3.63, 3.8) is 0 Å². The van der Waals surface area contributed by atoms with Gasteiger partial charge in [-0.3, -0.25) is 4.79 Å². The summed E-state index contributed by atoms with van der Waals surface area (Å²) in [5.74, 6) is 0.520. The van der Waals surface area contributed by atoms with Crippen molar-refractivity contribution in [1.82, 2.24) is 9.97 Å². The van der Waals surface area contributed by atoms with E-state index in [1.807, 2.05) is 49.2 Å². The maximum absolute atomic E-state index is 12.3. The highest BCUT2D eigenvalue weighted by Crippen LogP contribution is 2.25. The van der Waals surface area contributed by atoms with Crippen molar-refractivity contribution in [2.45, 2.75) is 13.3 Å². The lowest BCUT2D eigenvalue weighted by Gasteiger charge is -2.19. The number of hydrogen-bond donors (Lipinski definition) is 4. The van der Waals surface area contributed by atoms with E-state index >= 15 is 0 Å². The summed E-state index contributed by atoms with van der Waals surface area (Å²) in [7, 11) is 1.87. The zero-order valence-corrected chi connectivity index (χ0v) is 20.9. The Morgan fingerprint density at radius 3 is 2.42 bits per heavy atom. The van der Waals surface area contributed by atoms with Gasteiger partial charge in [0.25, 0.3) is 0 Å². The number of aromatic nitrogens is 2. The number of nitrogens with zero attached hydrogens (tertiary/aromatic N) is 4. The number of amides is 3. The molecule has 190 valence electrons. The third-order valence-electron chi connectivity index (χ3n) is 5.76. The number of urea groups is 1. The third-order valence-corrected chi connectivity index (χ3v) is 5.76. The van der Waals surface area contributed by atoms with Crippen LogP contribution in [0.15, 0.2) is 79.0 Å². The molecule has 0 bridgehead atoms. The molecular weight excluding hydrogens is 480 g/mol. The van der Waals surface area contributed by atoms with Gasteiger partial charge in [0.2, 0.25) is 11.9 Å². The van der Waals surface area contributed by atoms with E-state index in [-0.39, 0.29) is 0 Å². The Kier molecular flexibility index (Phi) is 7.79. The summed E-state index contributed by atoms with van der Waals surface area (Å²) in [5.41, 5.74) is 9.94. The number of nitriles is 1. The van der Waals surface area contributed by atoms with Crippen LogP contribution in [0, 0.1) is 11.3 Å². The Hall–Kier alpha value is -5.43. The van der Waals surface area contributed by atoms with E-state index < -0.39 is 11.9 Å². The molecule has 10 nitrogen and oxygen atoms in total. The predicted molar refractivity (Wildman–Crippen MR) is 148 cm³/mol. The second-order valence-electron chi connectivity index (χ2n) is 8.33. The minimum Gasteiger partial charge on any atom is -0.366 e. The van der Waals surface area contributed by atoms with Gasteiger partial charge < -0.3 is 26.6 Å². The molecule has 0 aliphatic heterocycles. The Balaban J connectivity index is 1.42. The number of primary amides is 1. The van der Waals surface area contributed by atoms with Crippen LogP contribution in [0.4, 0.5) is 39.3 Å². The Labute approximate surface area is 220 Å². The summed E-state index contributed by atoms with van der Waals surface area (Å²) in [4.78, 5) is 34.9. The second-order valence-corrected chi connectivity index (χ2v) is 8.33. The Morgan fingerprint density at radius 1 is 0.974 bits per heavy atom. The first-order valence-electron chi connectivity index (χ1n) is 11.8. The molecule has 4 aromatic rings. The van der Waals surface area contributed by atoms with Gasteiger partial charge in [0.15, 0.2) is 0 Å². The zero-order valence-electron chi connectivity index (χ0n) is 20.9. The van der Waals surface area contributed by atoms with Gasteiger partial charge in [-0.25, -0.2) is 9.78 Å². The summed E-state index contributed by atoms with van der Waals surface area (Å²) in [5, 5.41) is 17.6. The largest absolute Gasteiger partial charge is 0.366 e. The lowest BCUT2D eigenvalue weighted by Crippen LogP contribution is -2.19. The average Bonchev–Trinajstić information content (AvgIpc) is 2.93. The lowest BCUT2D eigenvalue weighted by molar-refractivity contribution is 0.0999. The topological polar surface area (TPSA) is 149 Å². The fourth-order valence-electron chi connectivity index (χ4n) is 3.78. The molecular formula is C28H26N8O2. The monoisotopic (exact) mass is 506 g/mol. The second kappa shape index (κ2) is 11.5. The van der Waals surface area contributed by atoms with E-state index in [2.05, 4.69) is 25.9 Å². The molecule has 3 aromatic carbocycles. The number of nitrogens with one attached hydrogen (secondary N) is 3. The zero-order chi connectivity index (χ0) is 27.1. The summed E-state index contributed by atoms with van der Waals surface area (Å²) in [6, 6.07) is 22.7. The highest BCUT2D eigenvalue weighted by atomic mass is 16.2. The number of aryl methyl sites for hydroxylation is 1. The molecule has 0 unspecified atom stereocenters. The maximum Gasteiger partial charge on any atom is 0.323 e. The minimum absolute atomic E-state index is 0.365. The van der Waals surface area contributed by atoms with Crippen molar-refractivity contribution >= 4 is 46.5 Å². The first-order valence-corrected chi connectivity index (χ1v) is 11.8. The van der Waals surface area contributed by atoms with Crippen LogP contribution in [0.1, 0.15) is 28.4 Å². The van der Waals surface area contributed by atoms with Crippen molar-refractivity contribution < 1.29 is 9.59 Å². The number of carbonyl (C=O) groups is 2. The summed E-state index contributed by atoms with van der Waals surface area (Å²) in [6.07, 6.45) is 2.34. The minimum atomic E-state index is -0.483. The number of nitrogens with two attached hydrogens (primary N) is 1. The molecule has 10 heteroatoms. The number of carbonyl (C=O) groups excluding carboxylic acids is 2. The Morgan fingerprint density at radius 2 is 1.71 bits per heavy atom. The van der Waals surface area contributed by atoms with Crippen LogP contribution in [-0.4, -0.2) is 29.0 Å². The molecule has 0 saturated heterocycles. The van der Waals surface area contributed by atoms with Crippen LogP contribution >= 0.6 is 0 Å². The van der Waals surface area contributed by atoms with Crippen LogP contribution in [0.3, 0.4) is 0 Å². The van der Waals surface area contributed by atoms with E-state index in [4.69, 9.17) is 11.0 Å². The van der Waals surface area contributed by atoms with Crippen LogP contribution in [0.25, 0.3) is 0 Å². The molecule has 38 heavy (non-hydrogen) atoms.